The molecule has 0 amide bonds. The van der Waals surface area contributed by atoms with Crippen LogP contribution >= 0.6 is 0 Å². The molecule has 2 N–H and O–H groups in total. The molecule has 0 unspecified atom stereocenters. The van der Waals surface area contributed by atoms with Crippen molar-refractivity contribution in [3.8, 4) is 11.5 Å². The third-order valence-corrected chi connectivity index (χ3v) is 7.46. The molecule has 200 valence electrons. The molecule has 2 atom stereocenters. The Balaban J connectivity index is 1.30. The second-order valence-electron chi connectivity index (χ2n) is 10.7. The number of ether oxygens (including phenoxy) is 2. The minimum Gasteiger partial charge on any atom is -0.426 e. The number of hydrogen-bond donors (Lipinski definition) is 2. The van der Waals surface area contributed by atoms with E-state index in [0.717, 1.165) is 58.9 Å². The molecule has 8 heteroatoms. The summed E-state index contributed by atoms with van der Waals surface area (Å²) >= 11 is 0. The number of hydrogen-bond acceptors (Lipinski definition) is 6. The quantitative estimate of drug-likeness (QED) is 0.240. The van der Waals surface area contributed by atoms with Gasteiger partial charge in [-0.3, -0.25) is 9.59 Å². The fraction of sp³-hybridized carbons (Fsp3) is 0.400. The minimum absolute atomic E-state index is 0.378. The summed E-state index contributed by atoms with van der Waals surface area (Å²) in [7, 11) is 8.14. The Hall–Kier alpha value is -3.62. The lowest BCUT2D eigenvalue weighted by Gasteiger charge is -2.32. The summed E-state index contributed by atoms with van der Waals surface area (Å²) in [6.07, 6.45) is 6.84. The van der Waals surface area contributed by atoms with E-state index in [1.54, 1.807) is 0 Å². The number of nitrogens with one attached hydrogen (secondary N) is 2. The SMILES string of the molecule is CN(C)CCc1c[nH]c2cccc(OC(=O)[C@H]3CC[C@@H]3C(=O)Oc3cccc4[nH]cc(CCN(C)C)c34)c12. The van der Waals surface area contributed by atoms with Gasteiger partial charge in [0.15, 0.2) is 0 Å². The first-order chi connectivity index (χ1) is 18.3. The molecule has 2 aromatic heterocycles. The van der Waals surface area contributed by atoms with Crippen LogP contribution in [0.1, 0.15) is 24.0 Å². The third kappa shape index (κ3) is 5.33. The predicted octanol–water partition coefficient (Wildman–Crippen LogP) is 4.39. The Kier molecular flexibility index (Phi) is 7.53. The molecule has 0 radical (unpaired) electrons. The molecule has 1 aliphatic carbocycles. The molecule has 4 aromatic rings. The standard InChI is InChI=1S/C30H36N4O4/c1-33(2)15-13-19-17-31-23-7-5-9-25(27(19)23)37-29(35)21-11-12-22(21)30(36)38-26-10-6-8-24-28(26)20(18-32-24)14-16-34(3)4/h5-10,17-18,21-22,31-32H,11-16H2,1-4H3/t21-,22-/m0/s1. The molecule has 0 saturated heterocycles. The first kappa shape index (κ1) is 26.0. The number of benzene rings is 2. The Bertz CT molecular complexity index is 1340. The number of nitrogens with zero attached hydrogens (tertiary/aromatic N) is 2. The molecule has 5 rings (SSSR count). The predicted molar refractivity (Wildman–Crippen MR) is 149 cm³/mol. The maximum atomic E-state index is 13.2. The van der Waals surface area contributed by atoms with Gasteiger partial charge in [0.05, 0.1) is 11.8 Å². The maximum Gasteiger partial charge on any atom is 0.315 e. The zero-order valence-corrected chi connectivity index (χ0v) is 22.5. The number of aromatic nitrogens is 2. The molecule has 0 bridgehead atoms. The van der Waals surface area contributed by atoms with Gasteiger partial charge >= 0.3 is 11.9 Å². The van der Waals surface area contributed by atoms with Crippen LogP contribution in [0.15, 0.2) is 48.8 Å². The van der Waals surface area contributed by atoms with Gasteiger partial charge in [-0.1, -0.05) is 12.1 Å². The summed E-state index contributed by atoms with van der Waals surface area (Å²) < 4.78 is 11.8. The highest BCUT2D eigenvalue weighted by Crippen LogP contribution is 2.39. The number of aromatic amines is 2. The first-order valence-corrected chi connectivity index (χ1v) is 13.2. The molecule has 2 aromatic carbocycles. The Labute approximate surface area is 222 Å². The van der Waals surface area contributed by atoms with Crippen molar-refractivity contribution in [1.29, 1.82) is 0 Å². The minimum atomic E-state index is -0.513. The lowest BCUT2D eigenvalue weighted by Crippen LogP contribution is -2.42. The highest BCUT2D eigenvalue weighted by molar-refractivity contribution is 5.94. The summed E-state index contributed by atoms with van der Waals surface area (Å²) in [6.45, 7) is 1.77. The molecule has 1 fully saturated rings. The van der Waals surface area contributed by atoms with Gasteiger partial charge in [-0.05, 0) is 89.3 Å². The van der Waals surface area contributed by atoms with Gasteiger partial charge in [0.25, 0.3) is 0 Å². The zero-order chi connectivity index (χ0) is 26.8. The number of fused-ring (bicyclic) bond motifs is 2. The van der Waals surface area contributed by atoms with Gasteiger partial charge in [-0.25, -0.2) is 0 Å². The lowest BCUT2D eigenvalue weighted by molar-refractivity contribution is -0.156. The zero-order valence-electron chi connectivity index (χ0n) is 22.5. The number of rotatable bonds is 10. The molecule has 0 spiro atoms. The van der Waals surface area contributed by atoms with Crippen LogP contribution in [0, 0.1) is 11.8 Å². The maximum absolute atomic E-state index is 13.2. The fourth-order valence-corrected chi connectivity index (χ4v) is 5.12. The van der Waals surface area contributed by atoms with Crippen LogP contribution in [0.5, 0.6) is 11.5 Å². The van der Waals surface area contributed by atoms with Crippen molar-refractivity contribution in [2.75, 3.05) is 41.3 Å². The summed E-state index contributed by atoms with van der Waals surface area (Å²) in [4.78, 5) is 37.2. The fourth-order valence-electron chi connectivity index (χ4n) is 5.12. The van der Waals surface area contributed by atoms with Crippen molar-refractivity contribution in [3.05, 3.63) is 59.9 Å². The summed E-state index contributed by atoms with van der Waals surface area (Å²) in [5.74, 6) is -0.719. The second kappa shape index (κ2) is 11.0. The van der Waals surface area contributed by atoms with E-state index in [9.17, 15) is 9.59 Å². The van der Waals surface area contributed by atoms with Gasteiger partial charge in [-0.2, -0.15) is 0 Å². The van der Waals surface area contributed by atoms with Crippen molar-refractivity contribution in [2.24, 2.45) is 11.8 Å². The molecule has 2 heterocycles. The van der Waals surface area contributed by atoms with Crippen molar-refractivity contribution < 1.29 is 19.1 Å². The van der Waals surface area contributed by atoms with Gasteiger partial charge in [0.2, 0.25) is 0 Å². The topological polar surface area (TPSA) is 90.7 Å². The van der Waals surface area contributed by atoms with E-state index in [4.69, 9.17) is 9.47 Å². The number of carbonyl (C=O) groups excluding carboxylic acids is 2. The number of H-pyrrole nitrogens is 2. The molecule has 38 heavy (non-hydrogen) atoms. The average molecular weight is 517 g/mol. The van der Waals surface area contributed by atoms with Crippen LogP contribution in [-0.2, 0) is 22.4 Å². The van der Waals surface area contributed by atoms with Crippen molar-refractivity contribution in [2.45, 2.75) is 25.7 Å². The van der Waals surface area contributed by atoms with E-state index in [0.29, 0.717) is 24.3 Å². The van der Waals surface area contributed by atoms with Crippen molar-refractivity contribution in [3.63, 3.8) is 0 Å². The van der Waals surface area contributed by atoms with E-state index in [1.807, 2.05) is 77.0 Å². The van der Waals surface area contributed by atoms with Crippen LogP contribution in [0.3, 0.4) is 0 Å². The molecule has 0 aliphatic heterocycles. The van der Waals surface area contributed by atoms with Crippen LogP contribution in [0.4, 0.5) is 0 Å². The smallest absolute Gasteiger partial charge is 0.315 e. The van der Waals surface area contributed by atoms with Gasteiger partial charge in [0, 0.05) is 47.3 Å². The molecular formula is C30H36N4O4. The number of likely N-dealkylation sites (N-methyl/N-ethyl adjacent to an activating group) is 2. The molecule has 1 aliphatic rings. The van der Waals surface area contributed by atoms with Gasteiger partial charge < -0.3 is 29.2 Å². The number of carbonyl (C=O) groups is 2. The summed E-state index contributed by atoms with van der Waals surface area (Å²) in [5, 5.41) is 1.84. The Morgan fingerprint density at radius 3 is 1.53 bits per heavy atom. The van der Waals surface area contributed by atoms with Crippen LogP contribution in [0.2, 0.25) is 0 Å². The Morgan fingerprint density at radius 2 is 1.16 bits per heavy atom. The molecule has 8 nitrogen and oxygen atoms in total. The Morgan fingerprint density at radius 1 is 0.737 bits per heavy atom. The van der Waals surface area contributed by atoms with Crippen LogP contribution in [-0.4, -0.2) is 73.0 Å². The third-order valence-electron chi connectivity index (χ3n) is 7.46. The number of esters is 2. The van der Waals surface area contributed by atoms with Gasteiger partial charge in [-0.15, -0.1) is 0 Å². The van der Waals surface area contributed by atoms with E-state index >= 15 is 0 Å². The van der Waals surface area contributed by atoms with Crippen LogP contribution in [0.25, 0.3) is 21.8 Å². The van der Waals surface area contributed by atoms with E-state index in [-0.39, 0.29) is 11.9 Å². The highest BCUT2D eigenvalue weighted by atomic mass is 16.5. The molecule has 1 saturated carbocycles. The van der Waals surface area contributed by atoms with E-state index in [2.05, 4.69) is 19.8 Å². The van der Waals surface area contributed by atoms with Gasteiger partial charge in [0.1, 0.15) is 11.5 Å². The summed E-state index contributed by atoms with van der Waals surface area (Å²) in [5.41, 5.74) is 4.06. The summed E-state index contributed by atoms with van der Waals surface area (Å²) in [6, 6.07) is 11.3. The molecular weight excluding hydrogens is 480 g/mol. The van der Waals surface area contributed by atoms with Crippen LogP contribution < -0.4 is 9.47 Å². The van der Waals surface area contributed by atoms with Crippen molar-refractivity contribution >= 4 is 33.7 Å². The average Bonchev–Trinajstić information content (AvgIpc) is 3.46. The van der Waals surface area contributed by atoms with Crippen molar-refractivity contribution in [1.82, 2.24) is 19.8 Å². The largest absolute Gasteiger partial charge is 0.426 e. The normalized spacial score (nSPS) is 17.3. The highest BCUT2D eigenvalue weighted by Gasteiger charge is 2.44. The first-order valence-electron chi connectivity index (χ1n) is 13.2. The van der Waals surface area contributed by atoms with E-state index < -0.39 is 11.8 Å². The second-order valence-corrected chi connectivity index (χ2v) is 10.7. The monoisotopic (exact) mass is 516 g/mol. The lowest BCUT2D eigenvalue weighted by atomic mass is 9.73. The van der Waals surface area contributed by atoms with E-state index in [1.165, 1.54) is 0 Å².